The minimum atomic E-state index is -0.409. The molecule has 0 aliphatic carbocycles. The maximum atomic E-state index is 11.7. The fraction of sp³-hybridized carbons (Fsp3) is 1.00. The molecule has 0 bridgehead atoms. The van der Waals surface area contributed by atoms with Crippen molar-refractivity contribution in [1.82, 2.24) is 4.90 Å². The Hall–Kier alpha value is -0.150. The van der Waals surface area contributed by atoms with Gasteiger partial charge in [0.05, 0.1) is 0 Å². The predicted octanol–water partition coefficient (Wildman–Crippen LogP) is 0.235. The Morgan fingerprint density at radius 2 is 2.11 bits per heavy atom. The second-order valence-corrected chi connectivity index (χ2v) is 2.51. The Balaban J connectivity index is 3.06. The lowest BCUT2D eigenvalue weighted by molar-refractivity contribution is 0.346. The molecule has 2 N–H and O–H groups in total. The van der Waals surface area contributed by atoms with E-state index in [1.54, 1.807) is 0 Å². The van der Waals surface area contributed by atoms with E-state index in [0.29, 0.717) is 0 Å². The number of alkyl halides is 1. The molecule has 0 saturated heterocycles. The van der Waals surface area contributed by atoms with E-state index < -0.39 is 6.67 Å². The molecule has 0 amide bonds. The first kappa shape index (κ1) is 8.85. The Kier molecular flexibility index (Phi) is 4.62. The Bertz CT molecular complexity index is 66.1. The maximum absolute atomic E-state index is 11.7. The van der Waals surface area contributed by atoms with Gasteiger partial charge in [0.1, 0.15) is 6.67 Å². The highest BCUT2D eigenvalue weighted by Gasteiger charge is 2.00. The molecule has 3 heteroatoms. The molecule has 0 spiro atoms. The van der Waals surface area contributed by atoms with Crippen molar-refractivity contribution in [3.05, 3.63) is 0 Å². The summed E-state index contributed by atoms with van der Waals surface area (Å²) in [6, 6.07) is -0.271. The number of hydrogen-bond acceptors (Lipinski definition) is 2. The number of nitrogens with two attached hydrogens (primary N) is 1. The van der Waals surface area contributed by atoms with E-state index in [0.717, 1.165) is 13.0 Å². The quantitative estimate of drug-likeness (QED) is 0.596. The lowest BCUT2D eigenvalue weighted by Crippen LogP contribution is -2.27. The average Bonchev–Trinajstić information content (AvgIpc) is 1.83. The van der Waals surface area contributed by atoms with E-state index in [2.05, 4.69) is 0 Å². The van der Waals surface area contributed by atoms with Crippen molar-refractivity contribution in [2.45, 2.75) is 12.5 Å². The van der Waals surface area contributed by atoms with Crippen molar-refractivity contribution in [1.29, 1.82) is 0 Å². The highest BCUT2D eigenvalue weighted by Crippen LogP contribution is 1.89. The highest BCUT2D eigenvalue weighted by atomic mass is 19.1. The summed E-state index contributed by atoms with van der Waals surface area (Å²) in [5.74, 6) is 0. The zero-order valence-corrected chi connectivity index (χ0v) is 6.10. The van der Waals surface area contributed by atoms with Gasteiger partial charge in [-0.1, -0.05) is 0 Å². The van der Waals surface area contributed by atoms with Gasteiger partial charge in [-0.2, -0.15) is 0 Å². The van der Waals surface area contributed by atoms with Crippen LogP contribution in [0.1, 0.15) is 6.42 Å². The number of nitrogens with zero attached hydrogens (tertiary/aromatic N) is 1. The van der Waals surface area contributed by atoms with Crippen molar-refractivity contribution < 1.29 is 4.39 Å². The second kappa shape index (κ2) is 4.70. The van der Waals surface area contributed by atoms with Gasteiger partial charge >= 0.3 is 0 Å². The largest absolute Gasteiger partial charge is 0.325 e. The van der Waals surface area contributed by atoms with Gasteiger partial charge < -0.3 is 10.6 Å². The summed E-state index contributed by atoms with van der Waals surface area (Å²) in [4.78, 5) is 2.00. The van der Waals surface area contributed by atoms with E-state index in [1.165, 1.54) is 0 Å². The molecule has 0 aliphatic rings. The summed E-state index contributed by atoms with van der Waals surface area (Å²) < 4.78 is 11.7. The SMILES string of the molecule is CN(C)CCC(N)CF. The van der Waals surface area contributed by atoms with Crippen LogP contribution in [0.15, 0.2) is 0 Å². The standard InChI is InChI=1S/C6H15FN2/c1-9(2)4-3-6(8)5-7/h6H,3-5,8H2,1-2H3. The van der Waals surface area contributed by atoms with Crippen molar-refractivity contribution in [2.75, 3.05) is 27.3 Å². The van der Waals surface area contributed by atoms with Crippen LogP contribution in [-0.2, 0) is 0 Å². The summed E-state index contributed by atoms with van der Waals surface area (Å²) >= 11 is 0. The van der Waals surface area contributed by atoms with Crippen LogP contribution in [0.3, 0.4) is 0 Å². The number of rotatable bonds is 4. The third kappa shape index (κ3) is 5.73. The molecule has 0 aromatic rings. The van der Waals surface area contributed by atoms with E-state index in [-0.39, 0.29) is 6.04 Å². The Labute approximate surface area is 55.8 Å². The monoisotopic (exact) mass is 134 g/mol. The van der Waals surface area contributed by atoms with Crippen molar-refractivity contribution >= 4 is 0 Å². The molecule has 0 aromatic carbocycles. The van der Waals surface area contributed by atoms with E-state index >= 15 is 0 Å². The Morgan fingerprint density at radius 1 is 1.56 bits per heavy atom. The fourth-order valence-corrected chi connectivity index (χ4v) is 0.501. The third-order valence-electron chi connectivity index (χ3n) is 1.15. The smallest absolute Gasteiger partial charge is 0.105 e. The zero-order valence-electron chi connectivity index (χ0n) is 6.10. The predicted molar refractivity (Wildman–Crippen MR) is 37.1 cm³/mol. The van der Waals surface area contributed by atoms with Gasteiger partial charge in [-0.05, 0) is 27.1 Å². The minimum Gasteiger partial charge on any atom is -0.325 e. The second-order valence-electron chi connectivity index (χ2n) is 2.51. The highest BCUT2D eigenvalue weighted by molar-refractivity contribution is 4.59. The van der Waals surface area contributed by atoms with Crippen molar-refractivity contribution in [2.24, 2.45) is 5.73 Å². The lowest BCUT2D eigenvalue weighted by atomic mass is 10.2. The molecule has 0 aromatic heterocycles. The first-order valence-electron chi connectivity index (χ1n) is 3.13. The first-order valence-corrected chi connectivity index (χ1v) is 3.13. The van der Waals surface area contributed by atoms with Gasteiger partial charge in [0.2, 0.25) is 0 Å². The van der Waals surface area contributed by atoms with Crippen LogP contribution in [0.4, 0.5) is 4.39 Å². The van der Waals surface area contributed by atoms with Crippen LogP contribution in [0.25, 0.3) is 0 Å². The molecular formula is C6H15FN2. The maximum Gasteiger partial charge on any atom is 0.105 e. The van der Waals surface area contributed by atoms with Gasteiger partial charge in [-0.3, -0.25) is 0 Å². The van der Waals surface area contributed by atoms with Crippen molar-refractivity contribution in [3.63, 3.8) is 0 Å². The normalized spacial score (nSPS) is 14.3. The van der Waals surface area contributed by atoms with Crippen LogP contribution in [0, 0.1) is 0 Å². The van der Waals surface area contributed by atoms with Gasteiger partial charge in [0.25, 0.3) is 0 Å². The number of hydrogen-bond donors (Lipinski definition) is 1. The Morgan fingerprint density at radius 3 is 2.44 bits per heavy atom. The van der Waals surface area contributed by atoms with Crippen LogP contribution >= 0.6 is 0 Å². The lowest BCUT2D eigenvalue weighted by Gasteiger charge is -2.11. The molecule has 0 heterocycles. The summed E-state index contributed by atoms with van der Waals surface area (Å²) in [6.45, 7) is 0.457. The minimum absolute atomic E-state index is 0.271. The summed E-state index contributed by atoms with van der Waals surface area (Å²) in [7, 11) is 3.90. The summed E-state index contributed by atoms with van der Waals surface area (Å²) in [5, 5.41) is 0. The molecular weight excluding hydrogens is 119 g/mol. The molecule has 2 nitrogen and oxygen atoms in total. The topological polar surface area (TPSA) is 29.3 Å². The molecule has 9 heavy (non-hydrogen) atoms. The van der Waals surface area contributed by atoms with E-state index in [9.17, 15) is 4.39 Å². The van der Waals surface area contributed by atoms with E-state index in [1.807, 2.05) is 19.0 Å². The molecule has 0 fully saturated rings. The van der Waals surface area contributed by atoms with Crippen LogP contribution in [0.2, 0.25) is 0 Å². The van der Waals surface area contributed by atoms with Crippen LogP contribution in [0.5, 0.6) is 0 Å². The summed E-state index contributed by atoms with van der Waals surface area (Å²) in [6.07, 6.45) is 0.740. The first-order chi connectivity index (χ1) is 4.16. The molecule has 0 aliphatic heterocycles. The molecule has 0 radical (unpaired) electrons. The van der Waals surface area contributed by atoms with Gasteiger partial charge in [-0.25, -0.2) is 4.39 Å². The molecule has 56 valence electrons. The van der Waals surface area contributed by atoms with Crippen LogP contribution < -0.4 is 5.73 Å². The summed E-state index contributed by atoms with van der Waals surface area (Å²) in [5.41, 5.74) is 5.32. The van der Waals surface area contributed by atoms with Gasteiger partial charge in [0.15, 0.2) is 0 Å². The average molecular weight is 134 g/mol. The zero-order chi connectivity index (χ0) is 7.28. The fourth-order valence-electron chi connectivity index (χ4n) is 0.501. The molecule has 1 unspecified atom stereocenters. The van der Waals surface area contributed by atoms with Crippen LogP contribution in [-0.4, -0.2) is 38.3 Å². The van der Waals surface area contributed by atoms with Crippen molar-refractivity contribution in [3.8, 4) is 0 Å². The molecule has 0 saturated carbocycles. The molecule has 0 rings (SSSR count). The third-order valence-corrected chi connectivity index (χ3v) is 1.15. The van der Waals surface area contributed by atoms with E-state index in [4.69, 9.17) is 5.73 Å². The molecule has 1 atom stereocenters. The van der Waals surface area contributed by atoms with Gasteiger partial charge in [-0.15, -0.1) is 0 Å². The number of halogens is 1. The van der Waals surface area contributed by atoms with Gasteiger partial charge in [0, 0.05) is 6.04 Å².